The first-order valence-electron chi connectivity index (χ1n) is 5.56. The predicted molar refractivity (Wildman–Crippen MR) is 63.5 cm³/mol. The average molecular weight is 188 g/mol. The summed E-state index contributed by atoms with van der Waals surface area (Å²) in [7, 11) is 0. The topological polar surface area (TPSA) is 0 Å². The highest BCUT2D eigenvalue weighted by atomic mass is 14.1. The maximum atomic E-state index is 3.92. The van der Waals surface area contributed by atoms with Crippen molar-refractivity contribution in [2.24, 2.45) is 0 Å². The van der Waals surface area contributed by atoms with Crippen molar-refractivity contribution in [1.29, 1.82) is 0 Å². The average Bonchev–Trinajstić information content (AvgIpc) is 2.26. The van der Waals surface area contributed by atoms with Crippen LogP contribution in [0.15, 0.2) is 43.0 Å². The third-order valence-electron chi connectivity index (χ3n) is 2.63. The first-order valence-corrected chi connectivity index (χ1v) is 5.56. The maximum absolute atomic E-state index is 3.92. The molecule has 0 N–H and O–H groups in total. The molecule has 0 amide bonds. The molecule has 1 aromatic carbocycles. The van der Waals surface area contributed by atoms with E-state index in [9.17, 15) is 0 Å². The molecule has 0 aliphatic carbocycles. The lowest BCUT2D eigenvalue weighted by molar-refractivity contribution is 0.629. The molecule has 0 heterocycles. The highest BCUT2D eigenvalue weighted by Gasteiger charge is 2.05. The molecule has 0 bridgehead atoms. The summed E-state index contributed by atoms with van der Waals surface area (Å²) in [6, 6.07) is 10.7. The minimum absolute atomic E-state index is 0.544. The van der Waals surface area contributed by atoms with Crippen molar-refractivity contribution in [3.63, 3.8) is 0 Å². The second-order valence-electron chi connectivity index (χ2n) is 3.75. The monoisotopic (exact) mass is 188 g/mol. The van der Waals surface area contributed by atoms with Crippen LogP contribution in [0.4, 0.5) is 0 Å². The number of allylic oxidation sites excluding steroid dienone is 1. The van der Waals surface area contributed by atoms with Gasteiger partial charge < -0.3 is 0 Å². The van der Waals surface area contributed by atoms with E-state index in [1.54, 1.807) is 0 Å². The van der Waals surface area contributed by atoms with Crippen LogP contribution in [0.25, 0.3) is 0 Å². The Bertz CT molecular complexity index is 248. The van der Waals surface area contributed by atoms with E-state index in [2.05, 4.69) is 49.9 Å². The van der Waals surface area contributed by atoms with E-state index in [4.69, 9.17) is 0 Å². The highest BCUT2D eigenvalue weighted by molar-refractivity contribution is 5.22. The number of hydrogen-bond acceptors (Lipinski definition) is 0. The fourth-order valence-corrected chi connectivity index (χ4v) is 1.74. The van der Waals surface area contributed by atoms with Gasteiger partial charge in [0.25, 0.3) is 0 Å². The molecule has 0 aromatic heterocycles. The van der Waals surface area contributed by atoms with E-state index in [0.717, 1.165) is 0 Å². The van der Waals surface area contributed by atoms with Crippen LogP contribution in [0.3, 0.4) is 0 Å². The van der Waals surface area contributed by atoms with Crippen molar-refractivity contribution in [1.82, 2.24) is 0 Å². The summed E-state index contributed by atoms with van der Waals surface area (Å²) in [5.74, 6) is 0.544. The number of unbranched alkanes of at least 4 members (excludes halogenated alkanes) is 2. The number of rotatable bonds is 6. The second kappa shape index (κ2) is 6.42. The molecule has 0 saturated heterocycles. The van der Waals surface area contributed by atoms with Crippen LogP contribution in [-0.2, 0) is 0 Å². The number of benzene rings is 1. The molecule has 0 aliphatic heterocycles. The van der Waals surface area contributed by atoms with Crippen LogP contribution < -0.4 is 0 Å². The normalized spacial score (nSPS) is 12.4. The molecule has 76 valence electrons. The van der Waals surface area contributed by atoms with Gasteiger partial charge >= 0.3 is 0 Å². The van der Waals surface area contributed by atoms with Crippen LogP contribution in [0.1, 0.15) is 44.1 Å². The molecule has 0 aliphatic rings. The van der Waals surface area contributed by atoms with E-state index in [-0.39, 0.29) is 0 Å². The van der Waals surface area contributed by atoms with Crippen LogP contribution >= 0.6 is 0 Å². The third-order valence-corrected chi connectivity index (χ3v) is 2.63. The Morgan fingerprint density at radius 1 is 1.21 bits per heavy atom. The van der Waals surface area contributed by atoms with Gasteiger partial charge in [-0.25, -0.2) is 0 Å². The van der Waals surface area contributed by atoms with E-state index in [1.165, 1.54) is 31.2 Å². The maximum Gasteiger partial charge on any atom is 0.00152 e. The van der Waals surface area contributed by atoms with Crippen molar-refractivity contribution in [2.45, 2.75) is 38.5 Å². The summed E-state index contributed by atoms with van der Waals surface area (Å²) < 4.78 is 0. The van der Waals surface area contributed by atoms with Crippen LogP contribution in [0.2, 0.25) is 0 Å². The zero-order valence-electron chi connectivity index (χ0n) is 9.08. The van der Waals surface area contributed by atoms with E-state index < -0.39 is 0 Å². The molecule has 0 fully saturated rings. The Labute approximate surface area is 87.7 Å². The van der Waals surface area contributed by atoms with Gasteiger partial charge in [-0.05, 0) is 12.0 Å². The molecule has 0 radical (unpaired) electrons. The largest absolute Gasteiger partial charge is 0.102 e. The molecular formula is C14H20. The Hall–Kier alpha value is -1.04. The minimum atomic E-state index is 0.544. The standard InChI is InChI=1S/C14H20/c1-3-5-7-10-13(4-2)14-11-8-6-9-12-14/h4,6,8-9,11-13H,2-3,5,7,10H2,1H3/t13-/m1/s1. The fourth-order valence-electron chi connectivity index (χ4n) is 1.74. The van der Waals surface area contributed by atoms with E-state index in [0.29, 0.717) is 5.92 Å². The van der Waals surface area contributed by atoms with E-state index in [1.807, 2.05) is 0 Å². The lowest BCUT2D eigenvalue weighted by Gasteiger charge is -2.12. The quantitative estimate of drug-likeness (QED) is 0.454. The summed E-state index contributed by atoms with van der Waals surface area (Å²) in [6.45, 7) is 6.16. The number of hydrogen-bond donors (Lipinski definition) is 0. The summed E-state index contributed by atoms with van der Waals surface area (Å²) in [5.41, 5.74) is 1.40. The zero-order chi connectivity index (χ0) is 10.2. The molecule has 0 spiro atoms. The summed E-state index contributed by atoms with van der Waals surface area (Å²) in [5, 5.41) is 0. The van der Waals surface area contributed by atoms with Gasteiger partial charge in [0, 0.05) is 5.92 Å². The zero-order valence-corrected chi connectivity index (χ0v) is 9.08. The molecule has 14 heavy (non-hydrogen) atoms. The highest BCUT2D eigenvalue weighted by Crippen LogP contribution is 2.22. The minimum Gasteiger partial charge on any atom is -0.102 e. The first kappa shape index (κ1) is 11.0. The Morgan fingerprint density at radius 3 is 2.50 bits per heavy atom. The van der Waals surface area contributed by atoms with Crippen molar-refractivity contribution < 1.29 is 0 Å². The van der Waals surface area contributed by atoms with Gasteiger partial charge in [0.05, 0.1) is 0 Å². The molecule has 0 heteroatoms. The van der Waals surface area contributed by atoms with Gasteiger partial charge in [-0.2, -0.15) is 0 Å². The van der Waals surface area contributed by atoms with Crippen LogP contribution in [0.5, 0.6) is 0 Å². The first-order chi connectivity index (χ1) is 6.88. The summed E-state index contributed by atoms with van der Waals surface area (Å²) in [6.07, 6.45) is 7.24. The molecule has 1 aromatic rings. The second-order valence-corrected chi connectivity index (χ2v) is 3.75. The van der Waals surface area contributed by atoms with Gasteiger partial charge in [0.2, 0.25) is 0 Å². The summed E-state index contributed by atoms with van der Waals surface area (Å²) in [4.78, 5) is 0. The molecule has 1 rings (SSSR count). The van der Waals surface area contributed by atoms with Crippen LogP contribution in [-0.4, -0.2) is 0 Å². The SMILES string of the molecule is C=C[C@H](CCCCC)c1ccccc1. The third kappa shape index (κ3) is 3.37. The fraction of sp³-hybridized carbons (Fsp3) is 0.429. The molecule has 0 unspecified atom stereocenters. The van der Waals surface area contributed by atoms with Gasteiger partial charge in [0.1, 0.15) is 0 Å². The molecular weight excluding hydrogens is 168 g/mol. The van der Waals surface area contributed by atoms with Crippen molar-refractivity contribution in [3.8, 4) is 0 Å². The van der Waals surface area contributed by atoms with Crippen molar-refractivity contribution in [2.75, 3.05) is 0 Å². The summed E-state index contributed by atoms with van der Waals surface area (Å²) >= 11 is 0. The lowest BCUT2D eigenvalue weighted by atomic mass is 9.93. The van der Waals surface area contributed by atoms with Gasteiger partial charge in [0.15, 0.2) is 0 Å². The molecule has 0 nitrogen and oxygen atoms in total. The van der Waals surface area contributed by atoms with E-state index >= 15 is 0 Å². The smallest absolute Gasteiger partial charge is 0.00152 e. The Morgan fingerprint density at radius 2 is 1.93 bits per heavy atom. The molecule has 1 atom stereocenters. The predicted octanol–water partition coefficient (Wildman–Crippen LogP) is 4.54. The van der Waals surface area contributed by atoms with Crippen molar-refractivity contribution >= 4 is 0 Å². The molecule has 0 saturated carbocycles. The van der Waals surface area contributed by atoms with Gasteiger partial charge in [-0.15, -0.1) is 6.58 Å². The van der Waals surface area contributed by atoms with Gasteiger partial charge in [-0.3, -0.25) is 0 Å². The Balaban J connectivity index is 2.50. The van der Waals surface area contributed by atoms with Gasteiger partial charge in [-0.1, -0.05) is 62.6 Å². The van der Waals surface area contributed by atoms with Crippen molar-refractivity contribution in [3.05, 3.63) is 48.6 Å². The lowest BCUT2D eigenvalue weighted by Crippen LogP contribution is -1.94. The Kier molecular flexibility index (Phi) is 5.06. The van der Waals surface area contributed by atoms with Crippen LogP contribution in [0, 0.1) is 0 Å².